The molecule has 630 valence electrons. The van der Waals surface area contributed by atoms with Gasteiger partial charge in [-0.3, -0.25) is 4.79 Å². The second-order valence-electron chi connectivity index (χ2n) is 23.1. The number of hydrogen-bond donors (Lipinski definition) is 2. The van der Waals surface area contributed by atoms with E-state index in [2.05, 4.69) is 5.32 Å². The number of carbonyl (C=O) groups excluding carboxylic acids is 4. The molecule has 0 heterocycles. The van der Waals surface area contributed by atoms with Gasteiger partial charge in [0.2, 0.25) is 5.91 Å². The van der Waals surface area contributed by atoms with E-state index < -0.39 is 5.54 Å². The second kappa shape index (κ2) is 89.5. The van der Waals surface area contributed by atoms with E-state index in [1.807, 2.05) is 0 Å². The van der Waals surface area contributed by atoms with Crippen LogP contribution < -0.4 is 11.1 Å². The summed E-state index contributed by atoms with van der Waals surface area (Å²) in [6.07, 6.45) is 1.96. The third-order valence-corrected chi connectivity index (χ3v) is 14.1. The van der Waals surface area contributed by atoms with E-state index in [9.17, 15) is 19.2 Å². The molecule has 0 aliphatic carbocycles. The Labute approximate surface area is 631 Å². The van der Waals surface area contributed by atoms with Gasteiger partial charge < -0.3 is 158 Å². The van der Waals surface area contributed by atoms with Crippen molar-refractivity contribution in [2.24, 2.45) is 5.73 Å². The zero-order valence-electron chi connectivity index (χ0n) is 64.9. The molecule has 1 amide bonds. The van der Waals surface area contributed by atoms with Crippen LogP contribution in [0.2, 0.25) is 0 Å². The Kier molecular flexibility index (Phi) is 87.3. The van der Waals surface area contributed by atoms with E-state index in [4.69, 9.17) is 138 Å². The molecule has 0 saturated carbocycles. The van der Waals surface area contributed by atoms with Gasteiger partial charge in [0, 0.05) is 37.8 Å². The van der Waals surface area contributed by atoms with Crippen LogP contribution in [0.15, 0.2) is 0 Å². The van der Waals surface area contributed by atoms with Crippen molar-refractivity contribution in [3.63, 3.8) is 0 Å². The highest BCUT2D eigenvalue weighted by molar-refractivity contribution is 5.79. The van der Waals surface area contributed by atoms with Crippen LogP contribution in [0.1, 0.15) is 65.7 Å². The molecule has 0 bridgehead atoms. The first kappa shape index (κ1) is 103. The Hall–Kier alpha value is -2.68. The molecule has 34 heteroatoms. The molecule has 0 saturated heterocycles. The smallest absolute Gasteiger partial charge is 0.222 e. The van der Waals surface area contributed by atoms with Gasteiger partial charge in [-0.05, 0) is 40.0 Å². The molecule has 0 aromatic heterocycles. The topological polar surface area (TPSA) is 365 Å². The van der Waals surface area contributed by atoms with Crippen molar-refractivity contribution in [1.82, 2.24) is 5.32 Å². The Bertz CT molecular complexity index is 1750. The zero-order chi connectivity index (χ0) is 76.6. The number of Topliss-reactive ketones (excluding diaryl/α,β-unsaturated/α-hetero) is 3. The molecule has 0 unspecified atom stereocenters. The van der Waals surface area contributed by atoms with Crippen molar-refractivity contribution in [3.05, 3.63) is 0 Å². The molecule has 3 N–H and O–H groups in total. The Morgan fingerprint density at radius 3 is 0.415 bits per heavy atom. The minimum Gasteiger partial charge on any atom is -0.379 e. The van der Waals surface area contributed by atoms with Gasteiger partial charge in [-0.25, -0.2) is 0 Å². The van der Waals surface area contributed by atoms with Crippen molar-refractivity contribution in [2.75, 3.05) is 377 Å². The summed E-state index contributed by atoms with van der Waals surface area (Å²) in [5.41, 5.74) is 4.55. The monoisotopic (exact) mass is 1540 g/mol. The third kappa shape index (κ3) is 88.5. The fourth-order valence-electron chi connectivity index (χ4n) is 8.45. The normalized spacial score (nSPS) is 11.8. The first-order valence-electron chi connectivity index (χ1n) is 37.9. The standard InChI is InChI=1S/C72H140N2O32/c1-68(75)4-8-72(9-5-69(2)76,10-6-70(3)77)74-71(78)7-12-79-14-16-81-18-20-83-22-24-85-26-28-87-30-32-89-34-36-91-38-40-93-42-44-95-46-48-97-50-52-99-54-56-101-58-60-103-62-64-105-66-67-106-65-63-104-61-59-102-57-55-100-53-51-98-49-47-96-45-43-94-41-39-92-37-35-90-33-31-88-29-27-86-25-23-84-21-19-82-17-15-80-13-11-73/h4-67,73H2,1-3H3,(H,74,78). The summed E-state index contributed by atoms with van der Waals surface area (Å²) in [6, 6.07) is 0. The van der Waals surface area contributed by atoms with E-state index in [0.717, 1.165) is 0 Å². The molecule has 34 nitrogen and oxygen atoms in total. The quantitative estimate of drug-likeness (QED) is 0.0819. The highest BCUT2D eigenvalue weighted by Gasteiger charge is 2.32. The molecular formula is C72H140N2O32. The van der Waals surface area contributed by atoms with Gasteiger partial charge in [-0.2, -0.15) is 0 Å². The maximum absolute atomic E-state index is 12.8. The lowest BCUT2D eigenvalue weighted by Crippen LogP contribution is -2.49. The van der Waals surface area contributed by atoms with Gasteiger partial charge in [0.25, 0.3) is 0 Å². The van der Waals surface area contributed by atoms with E-state index in [-0.39, 0.29) is 55.5 Å². The van der Waals surface area contributed by atoms with Crippen molar-refractivity contribution in [2.45, 2.75) is 71.3 Å². The Morgan fingerprint density at radius 1 is 0.189 bits per heavy atom. The summed E-state index contributed by atoms with van der Waals surface area (Å²) >= 11 is 0. The van der Waals surface area contributed by atoms with Crippen LogP contribution >= 0.6 is 0 Å². The largest absolute Gasteiger partial charge is 0.379 e. The summed E-state index contributed by atoms with van der Waals surface area (Å²) in [4.78, 5) is 48.0. The van der Waals surface area contributed by atoms with Gasteiger partial charge in [-0.1, -0.05) is 0 Å². The average molecular weight is 1550 g/mol. The lowest BCUT2D eigenvalue weighted by molar-refractivity contribution is -0.126. The predicted molar refractivity (Wildman–Crippen MR) is 387 cm³/mol. The van der Waals surface area contributed by atoms with Crippen LogP contribution in [0.4, 0.5) is 0 Å². The molecule has 0 aliphatic rings. The highest BCUT2D eigenvalue weighted by atomic mass is 16.6. The lowest BCUT2D eigenvalue weighted by atomic mass is 9.82. The second-order valence-corrected chi connectivity index (χ2v) is 23.1. The summed E-state index contributed by atoms with van der Waals surface area (Å²) in [5, 5.41) is 3.02. The molecule has 0 spiro atoms. The van der Waals surface area contributed by atoms with E-state index in [0.29, 0.717) is 389 Å². The number of nitrogens with two attached hydrogens (primary N) is 1. The average Bonchev–Trinajstić information content (AvgIpc) is 0.851. The number of rotatable bonds is 96. The number of hydrogen-bond acceptors (Lipinski definition) is 33. The van der Waals surface area contributed by atoms with Crippen molar-refractivity contribution < 1.29 is 152 Å². The van der Waals surface area contributed by atoms with Crippen molar-refractivity contribution in [1.29, 1.82) is 0 Å². The number of carbonyl (C=O) groups is 4. The van der Waals surface area contributed by atoms with Gasteiger partial charge in [0.05, 0.1) is 370 Å². The molecule has 0 atom stereocenters. The molecule has 0 aromatic rings. The zero-order valence-corrected chi connectivity index (χ0v) is 64.9. The summed E-state index contributed by atoms with van der Waals surface area (Å²) in [5.74, 6) is -0.307. The maximum Gasteiger partial charge on any atom is 0.222 e. The molecule has 0 aromatic carbocycles. The number of nitrogens with one attached hydrogen (secondary N) is 1. The van der Waals surface area contributed by atoms with E-state index in [1.54, 1.807) is 0 Å². The van der Waals surface area contributed by atoms with Gasteiger partial charge in [0.1, 0.15) is 17.3 Å². The molecule has 0 aliphatic heterocycles. The molecule has 0 rings (SSSR count). The van der Waals surface area contributed by atoms with Crippen LogP contribution in [0.5, 0.6) is 0 Å². The van der Waals surface area contributed by atoms with Crippen LogP contribution in [0, 0.1) is 0 Å². The lowest BCUT2D eigenvalue weighted by Gasteiger charge is -2.35. The van der Waals surface area contributed by atoms with Gasteiger partial charge in [0.15, 0.2) is 0 Å². The summed E-state index contributed by atoms with van der Waals surface area (Å²) in [7, 11) is 0. The SMILES string of the molecule is CC(=O)CCC(CCC(C)=O)(CCC(C)=O)NC(=O)CCOCCOCCOCCOCCOCCOCCOCCOCCOCCOCCOCCOCCOCCOCCOCCOCCOCCOCCOCCOCCOCCOCCOCCOCCOCCOCCOCCOCCN. The van der Waals surface area contributed by atoms with Crippen LogP contribution in [-0.4, -0.2) is 405 Å². The van der Waals surface area contributed by atoms with Crippen molar-refractivity contribution in [3.8, 4) is 0 Å². The minimum atomic E-state index is -0.801. The fraction of sp³-hybridized carbons (Fsp3) is 0.944. The van der Waals surface area contributed by atoms with Crippen LogP contribution in [0.3, 0.4) is 0 Å². The Morgan fingerprint density at radius 2 is 0.302 bits per heavy atom. The number of ether oxygens (including phenoxy) is 28. The van der Waals surface area contributed by atoms with Crippen LogP contribution in [-0.2, 0) is 152 Å². The predicted octanol–water partition coefficient (Wildman–Crippen LogP) is 1.76. The summed E-state index contributed by atoms with van der Waals surface area (Å²) in [6.45, 7) is 31.0. The van der Waals surface area contributed by atoms with Gasteiger partial charge in [-0.15, -0.1) is 0 Å². The van der Waals surface area contributed by atoms with Gasteiger partial charge >= 0.3 is 0 Å². The summed E-state index contributed by atoms with van der Waals surface area (Å²) < 4.78 is 154. The number of ketones is 3. The Balaban J connectivity index is 3.22. The first-order chi connectivity index (χ1) is 52.2. The maximum atomic E-state index is 12.8. The molecule has 0 radical (unpaired) electrons. The molecular weight excluding hydrogens is 1400 g/mol. The van der Waals surface area contributed by atoms with E-state index >= 15 is 0 Å². The van der Waals surface area contributed by atoms with Crippen molar-refractivity contribution >= 4 is 23.3 Å². The first-order valence-corrected chi connectivity index (χ1v) is 37.9. The highest BCUT2D eigenvalue weighted by Crippen LogP contribution is 2.27. The van der Waals surface area contributed by atoms with E-state index in [1.165, 1.54) is 20.8 Å². The molecule has 106 heavy (non-hydrogen) atoms. The number of amides is 1. The third-order valence-electron chi connectivity index (χ3n) is 14.1. The minimum absolute atomic E-state index is 0.0174. The molecule has 0 fully saturated rings. The fourth-order valence-corrected chi connectivity index (χ4v) is 8.45. The van der Waals surface area contributed by atoms with Crippen LogP contribution in [0.25, 0.3) is 0 Å².